The number of thiophene rings is 1. The molecule has 0 saturated heterocycles. The van der Waals surface area contributed by atoms with Crippen molar-refractivity contribution in [3.63, 3.8) is 0 Å². The summed E-state index contributed by atoms with van der Waals surface area (Å²) in [5.74, 6) is 0.358. The zero-order valence-electron chi connectivity index (χ0n) is 17.6. The Morgan fingerprint density at radius 2 is 1.88 bits per heavy atom. The van der Waals surface area contributed by atoms with E-state index in [4.69, 9.17) is 21.1 Å². The smallest absolute Gasteiger partial charge is 0.263 e. The predicted octanol–water partition coefficient (Wildman–Crippen LogP) is 4.74. The number of hydrogen-bond acceptors (Lipinski definition) is 6. The number of benzene rings is 2. The minimum atomic E-state index is -0.414. The van der Waals surface area contributed by atoms with Crippen molar-refractivity contribution < 1.29 is 14.3 Å². The summed E-state index contributed by atoms with van der Waals surface area (Å²) in [5.41, 5.74) is 2.98. The summed E-state index contributed by atoms with van der Waals surface area (Å²) < 4.78 is 11.8. The molecule has 4 rings (SSSR count). The first-order chi connectivity index (χ1) is 15.4. The van der Waals surface area contributed by atoms with Crippen molar-refractivity contribution in [2.45, 2.75) is 13.5 Å². The number of aryl methyl sites for hydroxylation is 1. The maximum atomic E-state index is 13.2. The van der Waals surface area contributed by atoms with Crippen molar-refractivity contribution in [3.05, 3.63) is 69.0 Å². The molecule has 2 aromatic carbocycles. The summed E-state index contributed by atoms with van der Waals surface area (Å²) in [6.07, 6.45) is 1.39. The number of carbonyl (C=O) groups excluding carboxylic acids is 1. The molecule has 4 aromatic rings. The van der Waals surface area contributed by atoms with Gasteiger partial charge in [-0.05, 0) is 12.5 Å². The number of methoxy groups -OCH3 is 2. The number of halogens is 1. The molecule has 9 heteroatoms. The van der Waals surface area contributed by atoms with E-state index in [-0.39, 0.29) is 12.1 Å². The average molecular weight is 470 g/mol. The molecule has 0 fully saturated rings. The molecule has 0 aliphatic rings. The maximum absolute atomic E-state index is 13.2. The lowest BCUT2D eigenvalue weighted by atomic mass is 10.1. The fourth-order valence-electron chi connectivity index (χ4n) is 3.33. The topological polar surface area (TPSA) is 82.5 Å². The lowest BCUT2D eigenvalue weighted by molar-refractivity contribution is -0.116. The monoisotopic (exact) mass is 469 g/mol. The van der Waals surface area contributed by atoms with Gasteiger partial charge in [-0.3, -0.25) is 14.2 Å². The van der Waals surface area contributed by atoms with E-state index in [1.807, 2.05) is 36.6 Å². The fraction of sp³-hybridized carbons (Fsp3) is 0.174. The summed E-state index contributed by atoms with van der Waals surface area (Å²) in [5, 5.41) is 5.52. The van der Waals surface area contributed by atoms with E-state index in [0.717, 1.165) is 16.7 Å². The van der Waals surface area contributed by atoms with Crippen molar-refractivity contribution in [2.24, 2.45) is 0 Å². The van der Waals surface area contributed by atoms with Gasteiger partial charge in [0.2, 0.25) is 5.91 Å². The molecule has 164 valence electrons. The number of nitrogens with zero attached hydrogens (tertiary/aromatic N) is 2. The van der Waals surface area contributed by atoms with Gasteiger partial charge in [-0.1, -0.05) is 41.4 Å². The van der Waals surface area contributed by atoms with Gasteiger partial charge in [-0.2, -0.15) is 0 Å². The van der Waals surface area contributed by atoms with E-state index in [0.29, 0.717) is 32.4 Å². The first-order valence-corrected chi connectivity index (χ1v) is 10.9. The first kappa shape index (κ1) is 21.9. The number of nitrogens with one attached hydrogen (secondary N) is 1. The van der Waals surface area contributed by atoms with Crippen LogP contribution in [0, 0.1) is 6.92 Å². The molecule has 0 aliphatic carbocycles. The van der Waals surface area contributed by atoms with Crippen LogP contribution in [-0.4, -0.2) is 29.7 Å². The predicted molar refractivity (Wildman–Crippen MR) is 127 cm³/mol. The maximum Gasteiger partial charge on any atom is 0.263 e. The summed E-state index contributed by atoms with van der Waals surface area (Å²) in [4.78, 5) is 30.9. The number of ether oxygens (including phenoxy) is 2. The Hall–Kier alpha value is -3.36. The molecule has 0 aliphatic heterocycles. The van der Waals surface area contributed by atoms with Crippen molar-refractivity contribution in [1.29, 1.82) is 0 Å². The molecular formula is C23H20ClN3O4S. The van der Waals surface area contributed by atoms with Crippen LogP contribution < -0.4 is 20.3 Å². The number of carbonyl (C=O) groups is 1. The summed E-state index contributed by atoms with van der Waals surface area (Å²) >= 11 is 7.52. The Labute approximate surface area is 193 Å². The van der Waals surface area contributed by atoms with Crippen LogP contribution in [0.15, 0.2) is 52.9 Å². The highest BCUT2D eigenvalue weighted by Gasteiger charge is 2.16. The van der Waals surface area contributed by atoms with E-state index in [2.05, 4.69) is 10.3 Å². The average Bonchev–Trinajstić information content (AvgIpc) is 3.22. The minimum absolute atomic E-state index is 0.209. The molecule has 0 radical (unpaired) electrons. The van der Waals surface area contributed by atoms with Gasteiger partial charge in [0, 0.05) is 23.1 Å². The zero-order chi connectivity index (χ0) is 22.8. The van der Waals surface area contributed by atoms with E-state index in [1.165, 1.54) is 36.5 Å². The highest BCUT2D eigenvalue weighted by atomic mass is 35.5. The number of amides is 1. The van der Waals surface area contributed by atoms with Crippen LogP contribution in [0.2, 0.25) is 5.02 Å². The van der Waals surface area contributed by atoms with E-state index >= 15 is 0 Å². The molecule has 2 aromatic heterocycles. The number of aromatic nitrogens is 2. The van der Waals surface area contributed by atoms with Crippen molar-refractivity contribution in [3.8, 4) is 22.6 Å². The van der Waals surface area contributed by atoms with Crippen LogP contribution in [0.1, 0.15) is 5.56 Å². The number of hydrogen-bond donors (Lipinski definition) is 1. The molecule has 0 bridgehead atoms. The van der Waals surface area contributed by atoms with Gasteiger partial charge in [0.05, 0.1) is 36.6 Å². The molecule has 0 atom stereocenters. The molecule has 0 spiro atoms. The van der Waals surface area contributed by atoms with Gasteiger partial charge >= 0.3 is 0 Å². The number of rotatable bonds is 6. The number of fused-ring (bicyclic) bond motifs is 1. The molecule has 1 N–H and O–H groups in total. The molecule has 0 unspecified atom stereocenters. The van der Waals surface area contributed by atoms with Gasteiger partial charge in [-0.15, -0.1) is 11.3 Å². The van der Waals surface area contributed by atoms with Crippen molar-refractivity contribution >= 4 is 44.7 Å². The van der Waals surface area contributed by atoms with Crippen LogP contribution in [0.5, 0.6) is 11.5 Å². The second-order valence-electron chi connectivity index (χ2n) is 7.11. The second-order valence-corrected chi connectivity index (χ2v) is 8.37. The van der Waals surface area contributed by atoms with Crippen LogP contribution in [0.25, 0.3) is 21.3 Å². The van der Waals surface area contributed by atoms with Gasteiger partial charge in [-0.25, -0.2) is 4.98 Å². The Morgan fingerprint density at radius 3 is 2.56 bits per heavy atom. The van der Waals surface area contributed by atoms with Gasteiger partial charge in [0.15, 0.2) is 0 Å². The summed E-state index contributed by atoms with van der Waals surface area (Å²) in [6, 6.07) is 11.1. The highest BCUT2D eigenvalue weighted by Crippen LogP contribution is 2.36. The Bertz CT molecular complexity index is 1360. The molecule has 7 nitrogen and oxygen atoms in total. The third kappa shape index (κ3) is 4.19. The summed E-state index contributed by atoms with van der Waals surface area (Å²) in [6.45, 7) is 1.80. The standard InChI is InChI=1S/C23H20ClN3O4S/c1-13-4-6-14(7-5-13)15-11-32-22-21(15)23(29)27(12-25-22)10-20(28)26-17-9-18(30-2)16(24)8-19(17)31-3/h4-9,11-12H,10H2,1-3H3,(H,26,28). The molecule has 2 heterocycles. The minimum Gasteiger partial charge on any atom is -0.495 e. The second kappa shape index (κ2) is 9.02. The van der Waals surface area contributed by atoms with Crippen molar-refractivity contribution in [2.75, 3.05) is 19.5 Å². The normalized spacial score (nSPS) is 10.9. The van der Waals surface area contributed by atoms with E-state index in [9.17, 15) is 9.59 Å². The lowest BCUT2D eigenvalue weighted by Gasteiger charge is -2.13. The number of anilines is 1. The van der Waals surface area contributed by atoms with Crippen LogP contribution in [0.3, 0.4) is 0 Å². The zero-order valence-corrected chi connectivity index (χ0v) is 19.2. The Balaban J connectivity index is 1.64. The SMILES string of the molecule is COc1cc(NC(=O)Cn2cnc3scc(-c4ccc(C)cc4)c3c2=O)c(OC)cc1Cl. The first-order valence-electron chi connectivity index (χ1n) is 9.66. The van der Waals surface area contributed by atoms with E-state index < -0.39 is 5.91 Å². The largest absolute Gasteiger partial charge is 0.495 e. The van der Waals surface area contributed by atoms with Crippen LogP contribution in [0.4, 0.5) is 5.69 Å². The van der Waals surface area contributed by atoms with E-state index in [1.54, 1.807) is 12.1 Å². The summed E-state index contributed by atoms with van der Waals surface area (Å²) in [7, 11) is 2.95. The van der Waals surface area contributed by atoms with Crippen LogP contribution in [-0.2, 0) is 11.3 Å². The molecule has 1 amide bonds. The Kier molecular flexibility index (Phi) is 6.16. The van der Waals surface area contributed by atoms with Gasteiger partial charge < -0.3 is 14.8 Å². The molecular weight excluding hydrogens is 450 g/mol. The lowest BCUT2D eigenvalue weighted by Crippen LogP contribution is -2.28. The Morgan fingerprint density at radius 1 is 1.16 bits per heavy atom. The molecule has 0 saturated carbocycles. The van der Waals surface area contributed by atoms with Crippen LogP contribution >= 0.6 is 22.9 Å². The van der Waals surface area contributed by atoms with Gasteiger partial charge in [0.25, 0.3) is 5.56 Å². The van der Waals surface area contributed by atoms with Crippen molar-refractivity contribution in [1.82, 2.24) is 9.55 Å². The van der Waals surface area contributed by atoms with Gasteiger partial charge in [0.1, 0.15) is 22.9 Å². The fourth-order valence-corrected chi connectivity index (χ4v) is 4.47. The quantitative estimate of drug-likeness (QED) is 0.441. The third-order valence-electron chi connectivity index (χ3n) is 4.99. The molecule has 32 heavy (non-hydrogen) atoms. The highest BCUT2D eigenvalue weighted by molar-refractivity contribution is 7.17. The third-order valence-corrected chi connectivity index (χ3v) is 6.17.